The lowest BCUT2D eigenvalue weighted by molar-refractivity contribution is 0.282. The molecule has 0 saturated heterocycles. The molecule has 1 aromatic carbocycles. The van der Waals surface area contributed by atoms with Crippen molar-refractivity contribution in [2.45, 2.75) is 20.0 Å². The predicted molar refractivity (Wildman–Crippen MR) is 70.5 cm³/mol. The Labute approximate surface area is 115 Å². The van der Waals surface area contributed by atoms with Gasteiger partial charge in [-0.15, -0.1) is 0 Å². The zero-order valence-corrected chi connectivity index (χ0v) is 10.9. The summed E-state index contributed by atoms with van der Waals surface area (Å²) in [7, 11) is 0. The van der Waals surface area contributed by atoms with Crippen molar-refractivity contribution in [1.29, 1.82) is 0 Å². The number of aliphatic hydroxyl groups excluding tert-OH is 1. The molecule has 0 amide bonds. The van der Waals surface area contributed by atoms with Crippen LogP contribution < -0.4 is 0 Å². The SMILES string of the molecule is CCc1ocnc1-c1nc(-c2ccc(CO)cc2)no1. The molecule has 3 rings (SSSR count). The number of aliphatic hydroxyl groups is 1. The van der Waals surface area contributed by atoms with E-state index in [-0.39, 0.29) is 6.61 Å². The van der Waals surface area contributed by atoms with Gasteiger partial charge in [0.15, 0.2) is 12.1 Å². The fourth-order valence-electron chi connectivity index (χ4n) is 1.89. The van der Waals surface area contributed by atoms with Crippen molar-refractivity contribution in [1.82, 2.24) is 15.1 Å². The molecule has 2 heterocycles. The summed E-state index contributed by atoms with van der Waals surface area (Å²) in [6.45, 7) is 1.98. The monoisotopic (exact) mass is 271 g/mol. The van der Waals surface area contributed by atoms with Crippen molar-refractivity contribution < 1.29 is 14.0 Å². The molecule has 3 aromatic rings. The lowest BCUT2D eigenvalue weighted by Gasteiger charge is -1.96. The Morgan fingerprint density at radius 1 is 1.20 bits per heavy atom. The molecule has 6 heteroatoms. The van der Waals surface area contributed by atoms with E-state index >= 15 is 0 Å². The first-order valence-electron chi connectivity index (χ1n) is 6.28. The molecule has 0 fully saturated rings. The van der Waals surface area contributed by atoms with Crippen LogP contribution in [0.1, 0.15) is 18.2 Å². The second-order valence-electron chi connectivity index (χ2n) is 4.26. The summed E-state index contributed by atoms with van der Waals surface area (Å²) in [6, 6.07) is 7.31. The molecule has 0 aliphatic carbocycles. The number of aryl methyl sites for hydroxylation is 1. The van der Waals surface area contributed by atoms with E-state index in [1.807, 2.05) is 31.2 Å². The molecule has 1 N–H and O–H groups in total. The molecule has 0 aliphatic heterocycles. The summed E-state index contributed by atoms with van der Waals surface area (Å²) in [5.41, 5.74) is 2.24. The molecular weight excluding hydrogens is 258 g/mol. The third-order valence-corrected chi connectivity index (χ3v) is 2.99. The number of hydrogen-bond acceptors (Lipinski definition) is 6. The van der Waals surface area contributed by atoms with Crippen LogP contribution in [0, 0.1) is 0 Å². The van der Waals surface area contributed by atoms with E-state index in [4.69, 9.17) is 14.0 Å². The Morgan fingerprint density at radius 3 is 2.70 bits per heavy atom. The van der Waals surface area contributed by atoms with Crippen LogP contribution in [0.4, 0.5) is 0 Å². The van der Waals surface area contributed by atoms with E-state index in [9.17, 15) is 0 Å². The highest BCUT2D eigenvalue weighted by molar-refractivity contribution is 5.58. The van der Waals surface area contributed by atoms with Crippen molar-refractivity contribution in [3.05, 3.63) is 42.0 Å². The van der Waals surface area contributed by atoms with Gasteiger partial charge in [-0.3, -0.25) is 0 Å². The van der Waals surface area contributed by atoms with Gasteiger partial charge in [0.1, 0.15) is 5.76 Å². The van der Waals surface area contributed by atoms with Crippen LogP contribution in [-0.4, -0.2) is 20.2 Å². The molecule has 0 radical (unpaired) electrons. The highest BCUT2D eigenvalue weighted by Gasteiger charge is 2.17. The highest BCUT2D eigenvalue weighted by atomic mass is 16.5. The summed E-state index contributed by atoms with van der Waals surface area (Å²) in [5, 5.41) is 13.0. The van der Waals surface area contributed by atoms with Crippen molar-refractivity contribution >= 4 is 0 Å². The van der Waals surface area contributed by atoms with Gasteiger partial charge in [-0.25, -0.2) is 4.98 Å². The van der Waals surface area contributed by atoms with Crippen molar-refractivity contribution in [3.8, 4) is 23.0 Å². The average Bonchev–Trinajstić information content (AvgIpc) is 3.15. The van der Waals surface area contributed by atoms with Gasteiger partial charge < -0.3 is 14.0 Å². The summed E-state index contributed by atoms with van der Waals surface area (Å²) in [6.07, 6.45) is 2.08. The molecule has 0 spiro atoms. The van der Waals surface area contributed by atoms with Crippen LogP contribution in [0.15, 0.2) is 39.6 Å². The zero-order valence-electron chi connectivity index (χ0n) is 10.9. The molecule has 0 bridgehead atoms. The fourth-order valence-corrected chi connectivity index (χ4v) is 1.89. The van der Waals surface area contributed by atoms with Gasteiger partial charge in [0, 0.05) is 12.0 Å². The van der Waals surface area contributed by atoms with E-state index in [0.717, 1.165) is 16.9 Å². The normalized spacial score (nSPS) is 10.9. The van der Waals surface area contributed by atoms with Gasteiger partial charge in [-0.2, -0.15) is 4.98 Å². The highest BCUT2D eigenvalue weighted by Crippen LogP contribution is 2.24. The Balaban J connectivity index is 1.93. The number of benzene rings is 1. The van der Waals surface area contributed by atoms with Crippen LogP contribution in [-0.2, 0) is 13.0 Å². The number of nitrogens with zero attached hydrogens (tertiary/aromatic N) is 3. The van der Waals surface area contributed by atoms with Gasteiger partial charge in [0.2, 0.25) is 5.82 Å². The summed E-state index contributed by atoms with van der Waals surface area (Å²) < 4.78 is 10.5. The second kappa shape index (κ2) is 5.26. The third-order valence-electron chi connectivity index (χ3n) is 2.99. The quantitative estimate of drug-likeness (QED) is 0.784. The predicted octanol–water partition coefficient (Wildman–Crippen LogP) is 2.45. The van der Waals surface area contributed by atoms with Crippen molar-refractivity contribution in [3.63, 3.8) is 0 Å². The van der Waals surface area contributed by atoms with E-state index in [1.165, 1.54) is 6.39 Å². The molecule has 2 aromatic heterocycles. The number of oxazole rings is 1. The minimum atomic E-state index is 0.0105. The van der Waals surface area contributed by atoms with E-state index < -0.39 is 0 Å². The Hall–Kier alpha value is -2.47. The van der Waals surface area contributed by atoms with Crippen LogP contribution >= 0.6 is 0 Å². The van der Waals surface area contributed by atoms with Crippen LogP contribution in [0.3, 0.4) is 0 Å². The van der Waals surface area contributed by atoms with Crippen molar-refractivity contribution in [2.24, 2.45) is 0 Å². The number of rotatable bonds is 4. The van der Waals surface area contributed by atoms with Gasteiger partial charge in [-0.05, 0) is 5.56 Å². The Bertz CT molecular complexity index is 701. The lowest BCUT2D eigenvalue weighted by Crippen LogP contribution is -1.86. The standard InChI is InChI=1S/C14H13N3O3/c1-2-11-12(15-8-19-11)14-16-13(17-20-14)10-5-3-9(7-18)4-6-10/h3-6,8,18H,2,7H2,1H3. The summed E-state index contributed by atoms with van der Waals surface area (Å²) >= 11 is 0. The third kappa shape index (κ3) is 2.21. The molecule has 0 unspecified atom stereocenters. The maximum absolute atomic E-state index is 9.02. The first kappa shape index (κ1) is 12.6. The van der Waals surface area contributed by atoms with Crippen LogP contribution in [0.25, 0.3) is 23.0 Å². The molecule has 0 saturated carbocycles. The average molecular weight is 271 g/mol. The van der Waals surface area contributed by atoms with E-state index in [2.05, 4.69) is 15.1 Å². The number of aromatic nitrogens is 3. The van der Waals surface area contributed by atoms with Gasteiger partial charge in [-0.1, -0.05) is 36.3 Å². The minimum Gasteiger partial charge on any atom is -0.448 e. The van der Waals surface area contributed by atoms with E-state index in [0.29, 0.717) is 23.8 Å². The number of hydrogen-bond donors (Lipinski definition) is 1. The minimum absolute atomic E-state index is 0.0105. The van der Waals surface area contributed by atoms with Crippen molar-refractivity contribution in [2.75, 3.05) is 0 Å². The zero-order chi connectivity index (χ0) is 13.9. The maximum atomic E-state index is 9.02. The van der Waals surface area contributed by atoms with Gasteiger partial charge in [0.25, 0.3) is 5.89 Å². The summed E-state index contributed by atoms with van der Waals surface area (Å²) in [4.78, 5) is 8.42. The lowest BCUT2D eigenvalue weighted by atomic mass is 10.1. The Morgan fingerprint density at radius 2 is 2.00 bits per heavy atom. The first-order valence-corrected chi connectivity index (χ1v) is 6.28. The second-order valence-corrected chi connectivity index (χ2v) is 4.26. The largest absolute Gasteiger partial charge is 0.448 e. The van der Waals surface area contributed by atoms with E-state index in [1.54, 1.807) is 0 Å². The smallest absolute Gasteiger partial charge is 0.280 e. The molecule has 0 atom stereocenters. The van der Waals surface area contributed by atoms with Crippen LogP contribution in [0.5, 0.6) is 0 Å². The molecule has 20 heavy (non-hydrogen) atoms. The van der Waals surface area contributed by atoms with Gasteiger partial charge >= 0.3 is 0 Å². The summed E-state index contributed by atoms with van der Waals surface area (Å²) in [5.74, 6) is 1.54. The van der Waals surface area contributed by atoms with Gasteiger partial charge in [0.05, 0.1) is 6.61 Å². The topological polar surface area (TPSA) is 85.2 Å². The fraction of sp³-hybridized carbons (Fsp3) is 0.214. The first-order chi connectivity index (χ1) is 9.81. The molecule has 0 aliphatic rings. The molecule has 6 nitrogen and oxygen atoms in total. The maximum Gasteiger partial charge on any atom is 0.280 e. The molecular formula is C14H13N3O3. The molecule has 102 valence electrons. The Kier molecular flexibility index (Phi) is 3.30. The van der Waals surface area contributed by atoms with Crippen LogP contribution in [0.2, 0.25) is 0 Å².